The quantitative estimate of drug-likeness (QED) is 0.554. The maximum absolute atomic E-state index is 12.5. The SMILES string of the molecule is O=C(Nc1ccn(S(=O)(=O)Cc2ccccc2Cl)c1)c1csnn1.O=C(O)C(F)(F)F. The molecule has 9 nitrogen and oxygen atoms in total. The Morgan fingerprint density at radius 1 is 1.23 bits per heavy atom. The van der Waals surface area contributed by atoms with Gasteiger partial charge in [-0.05, 0) is 29.2 Å². The molecule has 1 aromatic carbocycles. The second-order valence-electron chi connectivity index (χ2n) is 5.62. The summed E-state index contributed by atoms with van der Waals surface area (Å²) in [6, 6.07) is 8.23. The third-order valence-corrected chi connectivity index (χ3v) is 5.80. The van der Waals surface area contributed by atoms with Crippen LogP contribution >= 0.6 is 23.1 Å². The van der Waals surface area contributed by atoms with E-state index in [1.54, 1.807) is 24.3 Å². The van der Waals surface area contributed by atoms with Crippen molar-refractivity contribution in [3.63, 3.8) is 0 Å². The van der Waals surface area contributed by atoms with E-state index < -0.39 is 28.1 Å². The summed E-state index contributed by atoms with van der Waals surface area (Å²) in [7, 11) is -3.65. The van der Waals surface area contributed by atoms with Gasteiger partial charge in [0.05, 0.1) is 11.4 Å². The van der Waals surface area contributed by atoms with Crippen LogP contribution in [0, 0.1) is 0 Å². The molecule has 166 valence electrons. The number of amides is 1. The minimum atomic E-state index is -5.08. The molecule has 0 bridgehead atoms. The summed E-state index contributed by atoms with van der Waals surface area (Å²) >= 11 is 7.06. The summed E-state index contributed by atoms with van der Waals surface area (Å²) in [6.07, 6.45) is -2.40. The number of nitrogens with zero attached hydrogens (tertiary/aromatic N) is 3. The molecular formula is C16H12ClF3N4O5S2. The van der Waals surface area contributed by atoms with Gasteiger partial charge in [0.15, 0.2) is 5.69 Å². The van der Waals surface area contributed by atoms with Crippen LogP contribution in [0.15, 0.2) is 48.1 Å². The molecule has 0 atom stereocenters. The summed E-state index contributed by atoms with van der Waals surface area (Å²) < 4.78 is 61.3. The van der Waals surface area contributed by atoms with E-state index in [4.69, 9.17) is 21.5 Å². The highest BCUT2D eigenvalue weighted by atomic mass is 35.5. The fourth-order valence-electron chi connectivity index (χ4n) is 1.97. The van der Waals surface area contributed by atoms with E-state index in [2.05, 4.69) is 14.9 Å². The van der Waals surface area contributed by atoms with Crippen molar-refractivity contribution in [3.05, 3.63) is 64.4 Å². The molecule has 0 fully saturated rings. The molecule has 0 aliphatic heterocycles. The number of aromatic nitrogens is 3. The highest BCUT2D eigenvalue weighted by Gasteiger charge is 2.38. The number of carboxylic acid groups (broad SMARTS) is 1. The third-order valence-electron chi connectivity index (χ3n) is 3.38. The van der Waals surface area contributed by atoms with Crippen LogP contribution in [-0.4, -0.2) is 45.1 Å². The third kappa shape index (κ3) is 7.04. The number of halogens is 4. The van der Waals surface area contributed by atoms with Gasteiger partial charge >= 0.3 is 12.1 Å². The minimum absolute atomic E-state index is 0.173. The van der Waals surface area contributed by atoms with Crippen molar-refractivity contribution in [3.8, 4) is 0 Å². The number of alkyl halides is 3. The number of anilines is 1. The van der Waals surface area contributed by atoms with E-state index in [1.165, 1.54) is 23.8 Å². The van der Waals surface area contributed by atoms with E-state index in [0.29, 0.717) is 16.3 Å². The van der Waals surface area contributed by atoms with Crippen LogP contribution in [0.4, 0.5) is 18.9 Å². The first kappa shape index (κ1) is 24.3. The number of nitrogens with one attached hydrogen (secondary N) is 1. The van der Waals surface area contributed by atoms with E-state index >= 15 is 0 Å². The lowest BCUT2D eigenvalue weighted by molar-refractivity contribution is -0.192. The number of hydrogen-bond acceptors (Lipinski definition) is 7. The predicted molar refractivity (Wildman–Crippen MR) is 105 cm³/mol. The number of carboxylic acids is 1. The Hall–Kier alpha value is -2.97. The zero-order valence-corrected chi connectivity index (χ0v) is 17.5. The summed E-state index contributed by atoms with van der Waals surface area (Å²) in [5.74, 6) is -3.46. The smallest absolute Gasteiger partial charge is 0.475 e. The Labute approximate surface area is 182 Å². The van der Waals surface area contributed by atoms with Crippen molar-refractivity contribution in [1.29, 1.82) is 0 Å². The van der Waals surface area contributed by atoms with Crippen LogP contribution in [0.5, 0.6) is 0 Å². The molecule has 0 saturated carbocycles. The zero-order chi connectivity index (χ0) is 23.2. The summed E-state index contributed by atoms with van der Waals surface area (Å²) in [5, 5.41) is 15.2. The Kier molecular flexibility index (Phi) is 7.75. The molecule has 1 amide bonds. The molecule has 0 aliphatic carbocycles. The number of hydrogen-bond donors (Lipinski definition) is 2. The van der Waals surface area contributed by atoms with E-state index in [-0.39, 0.29) is 11.4 Å². The van der Waals surface area contributed by atoms with Gasteiger partial charge in [0.1, 0.15) is 0 Å². The maximum Gasteiger partial charge on any atom is 0.490 e. The van der Waals surface area contributed by atoms with E-state index in [9.17, 15) is 26.4 Å². The molecule has 0 spiro atoms. The van der Waals surface area contributed by atoms with Crippen molar-refractivity contribution >= 4 is 50.7 Å². The second-order valence-corrected chi connectivity index (χ2v) is 8.52. The fraction of sp³-hybridized carbons (Fsp3) is 0.125. The molecule has 3 aromatic rings. The molecule has 0 aliphatic rings. The van der Waals surface area contributed by atoms with Gasteiger partial charge < -0.3 is 10.4 Å². The summed E-state index contributed by atoms with van der Waals surface area (Å²) in [5.41, 5.74) is 1.02. The van der Waals surface area contributed by atoms with Crippen LogP contribution in [-0.2, 0) is 20.6 Å². The van der Waals surface area contributed by atoms with Gasteiger partial charge in [0.2, 0.25) is 10.0 Å². The average Bonchev–Trinajstić information content (AvgIpc) is 3.35. The monoisotopic (exact) mass is 496 g/mol. The Morgan fingerprint density at radius 3 is 2.42 bits per heavy atom. The van der Waals surface area contributed by atoms with Crippen LogP contribution in [0.25, 0.3) is 0 Å². The van der Waals surface area contributed by atoms with Crippen LogP contribution in [0.1, 0.15) is 16.1 Å². The average molecular weight is 497 g/mol. The molecule has 15 heteroatoms. The molecule has 3 rings (SSSR count). The summed E-state index contributed by atoms with van der Waals surface area (Å²) in [4.78, 5) is 20.8. The Morgan fingerprint density at radius 2 is 1.87 bits per heavy atom. The highest BCUT2D eigenvalue weighted by molar-refractivity contribution is 7.89. The van der Waals surface area contributed by atoms with Crippen molar-refractivity contribution in [2.75, 3.05) is 5.32 Å². The van der Waals surface area contributed by atoms with Crippen LogP contribution in [0.2, 0.25) is 5.02 Å². The summed E-state index contributed by atoms with van der Waals surface area (Å²) in [6.45, 7) is 0. The molecular weight excluding hydrogens is 485 g/mol. The Balaban J connectivity index is 0.000000423. The van der Waals surface area contributed by atoms with Gasteiger partial charge in [0.25, 0.3) is 5.91 Å². The lowest BCUT2D eigenvalue weighted by atomic mass is 10.2. The van der Waals surface area contributed by atoms with Gasteiger partial charge in [-0.15, -0.1) is 5.10 Å². The number of benzene rings is 1. The van der Waals surface area contributed by atoms with Crippen molar-refractivity contribution in [2.24, 2.45) is 0 Å². The van der Waals surface area contributed by atoms with Crippen LogP contribution in [0.3, 0.4) is 0 Å². The van der Waals surface area contributed by atoms with E-state index in [0.717, 1.165) is 15.5 Å². The topological polar surface area (TPSA) is 131 Å². The molecule has 0 unspecified atom stereocenters. The van der Waals surface area contributed by atoms with Crippen molar-refractivity contribution in [2.45, 2.75) is 11.9 Å². The van der Waals surface area contributed by atoms with Crippen molar-refractivity contribution in [1.82, 2.24) is 13.6 Å². The largest absolute Gasteiger partial charge is 0.490 e. The lowest BCUT2D eigenvalue weighted by Gasteiger charge is -2.07. The standard InChI is InChI=1S/C14H11ClN4O3S2.C2HF3O2/c15-12-4-2-1-3-10(12)9-24(21,22)19-6-5-11(7-19)16-14(20)13-8-23-18-17-13;3-2(4,5)1(6)7/h1-8H,9H2,(H,16,20);(H,6,7). The normalized spacial score (nSPS) is 11.4. The first-order valence-corrected chi connectivity index (χ1v) is 10.8. The number of rotatable bonds is 5. The number of carbonyl (C=O) groups excluding carboxylic acids is 1. The molecule has 0 radical (unpaired) electrons. The molecule has 2 heterocycles. The van der Waals surface area contributed by atoms with Gasteiger partial charge in [-0.2, -0.15) is 13.2 Å². The number of aliphatic carboxylic acids is 1. The van der Waals surface area contributed by atoms with Gasteiger partial charge in [-0.3, -0.25) is 8.77 Å². The molecule has 31 heavy (non-hydrogen) atoms. The minimum Gasteiger partial charge on any atom is -0.475 e. The fourth-order valence-corrected chi connectivity index (χ4v) is 4.00. The maximum atomic E-state index is 12.5. The van der Waals surface area contributed by atoms with Crippen molar-refractivity contribution < 1.29 is 36.3 Å². The molecule has 2 aromatic heterocycles. The van der Waals surface area contributed by atoms with E-state index in [1.807, 2.05) is 0 Å². The first-order chi connectivity index (χ1) is 14.4. The Bertz CT molecular complexity index is 1160. The number of carbonyl (C=O) groups is 2. The second kappa shape index (κ2) is 9.89. The van der Waals surface area contributed by atoms with Gasteiger partial charge in [0, 0.05) is 22.8 Å². The first-order valence-electron chi connectivity index (χ1n) is 7.93. The molecule has 2 N–H and O–H groups in total. The molecule has 0 saturated heterocycles. The highest BCUT2D eigenvalue weighted by Crippen LogP contribution is 2.20. The zero-order valence-electron chi connectivity index (χ0n) is 15.1. The van der Waals surface area contributed by atoms with Gasteiger partial charge in [-0.25, -0.2) is 13.2 Å². The van der Waals surface area contributed by atoms with Gasteiger partial charge in [-0.1, -0.05) is 34.3 Å². The lowest BCUT2D eigenvalue weighted by Crippen LogP contribution is -2.21. The van der Waals surface area contributed by atoms with Crippen LogP contribution < -0.4 is 5.32 Å². The predicted octanol–water partition coefficient (Wildman–Crippen LogP) is 3.26.